The zero-order valence-corrected chi connectivity index (χ0v) is 11.0. The van der Waals surface area contributed by atoms with Crippen molar-refractivity contribution in [2.24, 2.45) is 0 Å². The molecule has 2 N–H and O–H groups in total. The van der Waals surface area contributed by atoms with E-state index in [1.165, 1.54) is 11.3 Å². The summed E-state index contributed by atoms with van der Waals surface area (Å²) in [6, 6.07) is 10.2. The van der Waals surface area contributed by atoms with Crippen molar-refractivity contribution in [3.63, 3.8) is 0 Å². The van der Waals surface area contributed by atoms with Crippen LogP contribution in [0.5, 0.6) is 0 Å². The SMILES string of the molecule is N#Cc1csc(-c2ccccc2)c1C1NC(=O)NC1=O. The Labute approximate surface area is 118 Å². The summed E-state index contributed by atoms with van der Waals surface area (Å²) in [6.45, 7) is 0. The number of rotatable bonds is 2. The quantitative estimate of drug-likeness (QED) is 0.829. The molecule has 1 aliphatic rings. The Balaban J connectivity index is 2.15. The van der Waals surface area contributed by atoms with Crippen LogP contribution in [0.3, 0.4) is 0 Å². The first-order valence-corrected chi connectivity index (χ1v) is 6.77. The first-order chi connectivity index (χ1) is 9.70. The number of thiophene rings is 1. The van der Waals surface area contributed by atoms with Crippen molar-refractivity contribution in [3.8, 4) is 16.5 Å². The molecule has 0 aliphatic carbocycles. The van der Waals surface area contributed by atoms with Crippen LogP contribution in [0.25, 0.3) is 10.4 Å². The second kappa shape index (κ2) is 4.79. The summed E-state index contributed by atoms with van der Waals surface area (Å²) in [7, 11) is 0. The molecule has 0 spiro atoms. The molecule has 5 nitrogen and oxygen atoms in total. The highest BCUT2D eigenvalue weighted by molar-refractivity contribution is 7.14. The van der Waals surface area contributed by atoms with Gasteiger partial charge in [-0.2, -0.15) is 5.26 Å². The van der Waals surface area contributed by atoms with E-state index in [0.717, 1.165) is 10.4 Å². The molecule has 98 valence electrons. The van der Waals surface area contributed by atoms with Gasteiger partial charge in [-0.05, 0) is 5.56 Å². The van der Waals surface area contributed by atoms with Gasteiger partial charge in [0.05, 0.1) is 5.56 Å². The molecule has 3 amide bonds. The average molecular weight is 283 g/mol. The normalized spacial score (nSPS) is 17.4. The van der Waals surface area contributed by atoms with Gasteiger partial charge in [-0.1, -0.05) is 30.3 Å². The van der Waals surface area contributed by atoms with Crippen molar-refractivity contribution >= 4 is 23.3 Å². The number of imide groups is 1. The molecule has 1 saturated heterocycles. The number of nitriles is 1. The Morgan fingerprint density at radius 3 is 2.55 bits per heavy atom. The van der Waals surface area contributed by atoms with Crippen LogP contribution in [-0.4, -0.2) is 11.9 Å². The van der Waals surface area contributed by atoms with Crippen LogP contribution in [0.4, 0.5) is 4.79 Å². The lowest BCUT2D eigenvalue weighted by Crippen LogP contribution is -2.22. The van der Waals surface area contributed by atoms with E-state index >= 15 is 0 Å². The molecule has 0 saturated carbocycles. The Hall–Kier alpha value is -2.65. The lowest BCUT2D eigenvalue weighted by atomic mass is 10.00. The van der Waals surface area contributed by atoms with E-state index in [9.17, 15) is 14.9 Å². The van der Waals surface area contributed by atoms with Crippen LogP contribution in [0.1, 0.15) is 17.2 Å². The monoisotopic (exact) mass is 283 g/mol. The summed E-state index contributed by atoms with van der Waals surface area (Å²) < 4.78 is 0. The number of benzene rings is 1. The topological polar surface area (TPSA) is 82.0 Å². The van der Waals surface area contributed by atoms with Gasteiger partial charge in [0, 0.05) is 15.8 Å². The molecule has 1 unspecified atom stereocenters. The van der Waals surface area contributed by atoms with Gasteiger partial charge in [-0.25, -0.2) is 4.79 Å². The molecule has 1 aromatic carbocycles. The van der Waals surface area contributed by atoms with E-state index in [-0.39, 0.29) is 0 Å². The maximum atomic E-state index is 11.8. The lowest BCUT2D eigenvalue weighted by molar-refractivity contribution is -0.120. The third-order valence-corrected chi connectivity index (χ3v) is 4.09. The summed E-state index contributed by atoms with van der Waals surface area (Å²) in [5.74, 6) is -0.429. The number of nitrogens with zero attached hydrogens (tertiary/aromatic N) is 1. The number of carbonyl (C=O) groups is 2. The predicted octanol–water partition coefficient (Wildman–Crippen LogP) is 2.17. The van der Waals surface area contributed by atoms with Gasteiger partial charge in [0.1, 0.15) is 12.1 Å². The van der Waals surface area contributed by atoms with E-state index in [4.69, 9.17) is 0 Å². The van der Waals surface area contributed by atoms with Crippen molar-refractivity contribution in [1.82, 2.24) is 10.6 Å². The summed E-state index contributed by atoms with van der Waals surface area (Å²) >= 11 is 1.39. The third-order valence-electron chi connectivity index (χ3n) is 3.05. The Morgan fingerprint density at radius 2 is 1.95 bits per heavy atom. The van der Waals surface area contributed by atoms with E-state index in [0.29, 0.717) is 11.1 Å². The highest BCUT2D eigenvalue weighted by Crippen LogP contribution is 2.37. The van der Waals surface area contributed by atoms with Gasteiger partial charge >= 0.3 is 6.03 Å². The Kier molecular flexibility index (Phi) is 2.97. The minimum atomic E-state index is -0.807. The molecule has 3 rings (SSSR count). The maximum Gasteiger partial charge on any atom is 0.322 e. The van der Waals surface area contributed by atoms with Gasteiger partial charge in [-0.15, -0.1) is 11.3 Å². The van der Waals surface area contributed by atoms with Crippen LogP contribution in [0.2, 0.25) is 0 Å². The Bertz CT molecular complexity index is 731. The summed E-state index contributed by atoms with van der Waals surface area (Å²) in [4.78, 5) is 23.9. The molecule has 1 aliphatic heterocycles. The van der Waals surface area contributed by atoms with Crippen molar-refractivity contribution < 1.29 is 9.59 Å². The lowest BCUT2D eigenvalue weighted by Gasteiger charge is -2.10. The van der Waals surface area contributed by atoms with Gasteiger partial charge in [0.15, 0.2) is 0 Å². The van der Waals surface area contributed by atoms with Gasteiger partial charge < -0.3 is 5.32 Å². The predicted molar refractivity (Wildman–Crippen MR) is 73.9 cm³/mol. The van der Waals surface area contributed by atoms with Crippen LogP contribution >= 0.6 is 11.3 Å². The van der Waals surface area contributed by atoms with E-state index in [2.05, 4.69) is 16.7 Å². The van der Waals surface area contributed by atoms with Gasteiger partial charge in [0.25, 0.3) is 5.91 Å². The van der Waals surface area contributed by atoms with E-state index in [1.54, 1.807) is 5.38 Å². The molecular weight excluding hydrogens is 274 g/mol. The molecule has 1 atom stereocenters. The minimum Gasteiger partial charge on any atom is -0.322 e. The van der Waals surface area contributed by atoms with Crippen LogP contribution in [-0.2, 0) is 4.79 Å². The fraction of sp³-hybridized carbons (Fsp3) is 0.0714. The Morgan fingerprint density at radius 1 is 1.20 bits per heavy atom. The third kappa shape index (κ3) is 1.94. The average Bonchev–Trinajstić information content (AvgIpc) is 3.02. The zero-order chi connectivity index (χ0) is 14.1. The summed E-state index contributed by atoms with van der Waals surface area (Å²) in [5.41, 5.74) is 1.89. The molecule has 0 bridgehead atoms. The molecular formula is C14H9N3O2S. The fourth-order valence-electron chi connectivity index (χ4n) is 2.17. The second-order valence-electron chi connectivity index (χ2n) is 4.27. The smallest absolute Gasteiger partial charge is 0.322 e. The molecule has 2 heterocycles. The molecule has 20 heavy (non-hydrogen) atoms. The van der Waals surface area contributed by atoms with E-state index < -0.39 is 18.0 Å². The zero-order valence-electron chi connectivity index (χ0n) is 10.2. The van der Waals surface area contributed by atoms with Gasteiger partial charge in [0.2, 0.25) is 0 Å². The van der Waals surface area contributed by atoms with Crippen LogP contribution < -0.4 is 10.6 Å². The fourth-order valence-corrected chi connectivity index (χ4v) is 3.22. The van der Waals surface area contributed by atoms with Gasteiger partial charge in [-0.3, -0.25) is 10.1 Å². The number of nitrogens with one attached hydrogen (secondary N) is 2. The highest BCUT2D eigenvalue weighted by atomic mass is 32.1. The molecule has 2 aromatic rings. The standard InChI is InChI=1S/C14H9N3O2S/c15-6-9-7-20-12(8-4-2-1-3-5-8)10(9)11-13(18)17-14(19)16-11/h1-5,7,11H,(H2,16,17,18,19). The number of amides is 3. The minimum absolute atomic E-state index is 0.413. The first kappa shape index (κ1) is 12.4. The number of hydrogen-bond acceptors (Lipinski definition) is 4. The number of urea groups is 1. The molecule has 0 radical (unpaired) electrons. The summed E-state index contributed by atoms with van der Waals surface area (Å²) in [6.07, 6.45) is 0. The molecule has 1 fully saturated rings. The van der Waals surface area contributed by atoms with E-state index in [1.807, 2.05) is 30.3 Å². The number of carbonyl (C=O) groups excluding carboxylic acids is 2. The number of hydrogen-bond donors (Lipinski definition) is 2. The highest BCUT2D eigenvalue weighted by Gasteiger charge is 2.35. The van der Waals surface area contributed by atoms with Crippen molar-refractivity contribution in [2.75, 3.05) is 0 Å². The van der Waals surface area contributed by atoms with Crippen molar-refractivity contribution in [1.29, 1.82) is 5.26 Å². The largest absolute Gasteiger partial charge is 0.322 e. The van der Waals surface area contributed by atoms with Crippen molar-refractivity contribution in [3.05, 3.63) is 46.8 Å². The summed E-state index contributed by atoms with van der Waals surface area (Å²) in [5, 5.41) is 15.6. The van der Waals surface area contributed by atoms with Crippen molar-refractivity contribution in [2.45, 2.75) is 6.04 Å². The van der Waals surface area contributed by atoms with Crippen LogP contribution in [0.15, 0.2) is 35.7 Å². The second-order valence-corrected chi connectivity index (χ2v) is 5.15. The maximum absolute atomic E-state index is 11.8. The first-order valence-electron chi connectivity index (χ1n) is 5.89. The van der Waals surface area contributed by atoms with Crippen LogP contribution in [0, 0.1) is 11.3 Å². The molecule has 6 heteroatoms. The molecule has 1 aromatic heterocycles.